The molecule has 19 heavy (non-hydrogen) atoms. The van der Waals surface area contributed by atoms with Crippen LogP contribution >= 0.6 is 35.4 Å². The van der Waals surface area contributed by atoms with Crippen LogP contribution < -0.4 is 11.1 Å². The van der Waals surface area contributed by atoms with Gasteiger partial charge in [0.2, 0.25) is 0 Å². The molecule has 0 saturated heterocycles. The molecule has 0 radical (unpaired) electrons. The maximum atomic E-state index is 5.97. The van der Waals surface area contributed by atoms with E-state index in [4.69, 9.17) is 41.2 Å². The molecule has 2 rings (SSSR count). The lowest BCUT2D eigenvalue weighted by molar-refractivity contribution is 1.42. The molecule has 0 saturated carbocycles. The standard InChI is InChI=1S/C14H12Cl2N2S/c1-8-6-9(2-4-11(8)14(17)19)18-10-3-5-12(15)13(16)7-10/h2-7,18H,1H3,(H2,17,19). The summed E-state index contributed by atoms with van der Waals surface area (Å²) in [7, 11) is 0. The zero-order valence-corrected chi connectivity index (χ0v) is 12.5. The predicted molar refractivity (Wildman–Crippen MR) is 86.8 cm³/mol. The van der Waals surface area contributed by atoms with Gasteiger partial charge in [-0.1, -0.05) is 35.4 Å². The second kappa shape index (κ2) is 5.78. The molecule has 2 nitrogen and oxygen atoms in total. The van der Waals surface area contributed by atoms with E-state index in [1.807, 2.05) is 31.2 Å². The zero-order chi connectivity index (χ0) is 14.0. The zero-order valence-electron chi connectivity index (χ0n) is 10.2. The lowest BCUT2D eigenvalue weighted by atomic mass is 10.1. The first-order chi connectivity index (χ1) is 8.97. The fraction of sp³-hybridized carbons (Fsp3) is 0.0714. The SMILES string of the molecule is Cc1cc(Nc2ccc(Cl)c(Cl)c2)ccc1C(N)=S. The summed E-state index contributed by atoms with van der Waals surface area (Å²) < 4.78 is 0. The second-order valence-electron chi connectivity index (χ2n) is 4.15. The van der Waals surface area contributed by atoms with Crippen LogP contribution in [0.25, 0.3) is 0 Å². The van der Waals surface area contributed by atoms with Crippen LogP contribution in [0.4, 0.5) is 11.4 Å². The number of anilines is 2. The second-order valence-corrected chi connectivity index (χ2v) is 5.40. The molecule has 0 fully saturated rings. The van der Waals surface area contributed by atoms with Crippen LogP contribution in [0, 0.1) is 6.92 Å². The van der Waals surface area contributed by atoms with Gasteiger partial charge in [-0.15, -0.1) is 0 Å². The Morgan fingerprint density at radius 2 is 1.68 bits per heavy atom. The Bertz CT molecular complexity index is 641. The van der Waals surface area contributed by atoms with Crippen LogP contribution in [-0.4, -0.2) is 4.99 Å². The fourth-order valence-electron chi connectivity index (χ4n) is 1.76. The number of nitrogens with two attached hydrogens (primary N) is 1. The van der Waals surface area contributed by atoms with Crippen LogP contribution in [-0.2, 0) is 0 Å². The Balaban J connectivity index is 2.26. The van der Waals surface area contributed by atoms with Crippen LogP contribution in [0.1, 0.15) is 11.1 Å². The van der Waals surface area contributed by atoms with Gasteiger partial charge in [-0.2, -0.15) is 0 Å². The van der Waals surface area contributed by atoms with Crippen LogP contribution in [0.15, 0.2) is 36.4 Å². The minimum atomic E-state index is 0.401. The largest absolute Gasteiger partial charge is 0.389 e. The predicted octanol–water partition coefficient (Wildman–Crippen LogP) is 4.68. The normalized spacial score (nSPS) is 10.3. The summed E-state index contributed by atoms with van der Waals surface area (Å²) in [5.41, 5.74) is 9.35. The van der Waals surface area contributed by atoms with Gasteiger partial charge in [0, 0.05) is 16.9 Å². The van der Waals surface area contributed by atoms with E-state index in [9.17, 15) is 0 Å². The van der Waals surface area contributed by atoms with Gasteiger partial charge in [-0.05, 0) is 48.9 Å². The highest BCUT2D eigenvalue weighted by atomic mass is 35.5. The van der Waals surface area contributed by atoms with E-state index in [-0.39, 0.29) is 0 Å². The maximum Gasteiger partial charge on any atom is 0.104 e. The van der Waals surface area contributed by atoms with E-state index in [2.05, 4.69) is 5.32 Å². The quantitative estimate of drug-likeness (QED) is 0.808. The number of aryl methyl sites for hydroxylation is 1. The average Bonchev–Trinajstić information content (AvgIpc) is 2.33. The third kappa shape index (κ3) is 3.38. The smallest absolute Gasteiger partial charge is 0.104 e. The molecule has 0 amide bonds. The number of halogens is 2. The Morgan fingerprint density at radius 1 is 1.05 bits per heavy atom. The van der Waals surface area contributed by atoms with Crippen molar-refractivity contribution >= 4 is 51.8 Å². The van der Waals surface area contributed by atoms with Gasteiger partial charge in [-0.3, -0.25) is 0 Å². The molecule has 2 aromatic carbocycles. The molecule has 0 aliphatic carbocycles. The van der Waals surface area contributed by atoms with Crippen molar-refractivity contribution < 1.29 is 0 Å². The van der Waals surface area contributed by atoms with Crippen LogP contribution in [0.3, 0.4) is 0 Å². The summed E-state index contributed by atoms with van der Waals surface area (Å²) in [5, 5.41) is 4.30. The molecule has 98 valence electrons. The first-order valence-corrected chi connectivity index (χ1v) is 6.76. The Morgan fingerprint density at radius 3 is 2.26 bits per heavy atom. The van der Waals surface area contributed by atoms with Crippen molar-refractivity contribution in [3.05, 3.63) is 57.6 Å². The van der Waals surface area contributed by atoms with Gasteiger partial charge in [0.1, 0.15) is 4.99 Å². The van der Waals surface area contributed by atoms with Gasteiger partial charge in [0.05, 0.1) is 10.0 Å². The van der Waals surface area contributed by atoms with Crippen LogP contribution in [0.2, 0.25) is 10.0 Å². The summed E-state index contributed by atoms with van der Waals surface area (Å²) in [5.74, 6) is 0. The lowest BCUT2D eigenvalue weighted by Gasteiger charge is -2.10. The highest BCUT2D eigenvalue weighted by Crippen LogP contribution is 2.27. The highest BCUT2D eigenvalue weighted by molar-refractivity contribution is 7.80. The minimum Gasteiger partial charge on any atom is -0.389 e. The maximum absolute atomic E-state index is 5.97. The van der Waals surface area contributed by atoms with Crippen molar-refractivity contribution in [2.75, 3.05) is 5.32 Å². The number of hydrogen-bond donors (Lipinski definition) is 2. The van der Waals surface area contributed by atoms with Crippen molar-refractivity contribution in [1.82, 2.24) is 0 Å². The molecule has 5 heteroatoms. The summed E-state index contributed by atoms with van der Waals surface area (Å²) in [4.78, 5) is 0.401. The number of hydrogen-bond acceptors (Lipinski definition) is 2. The molecule has 0 heterocycles. The molecule has 2 aromatic rings. The lowest BCUT2D eigenvalue weighted by Crippen LogP contribution is -2.11. The number of thiocarbonyl (C=S) groups is 1. The van der Waals surface area contributed by atoms with E-state index in [1.54, 1.807) is 12.1 Å². The monoisotopic (exact) mass is 310 g/mol. The number of rotatable bonds is 3. The molecule has 0 atom stereocenters. The topological polar surface area (TPSA) is 38.0 Å². The Hall–Kier alpha value is -1.29. The average molecular weight is 311 g/mol. The van der Waals surface area contributed by atoms with E-state index < -0.39 is 0 Å². The van der Waals surface area contributed by atoms with Crippen molar-refractivity contribution in [3.63, 3.8) is 0 Å². The van der Waals surface area contributed by atoms with Crippen molar-refractivity contribution in [2.24, 2.45) is 5.73 Å². The van der Waals surface area contributed by atoms with Crippen molar-refractivity contribution in [2.45, 2.75) is 6.92 Å². The summed E-state index contributed by atoms with van der Waals surface area (Å²) in [6.45, 7) is 1.97. The molecular weight excluding hydrogens is 299 g/mol. The highest BCUT2D eigenvalue weighted by Gasteiger charge is 2.04. The Kier molecular flexibility index (Phi) is 4.30. The van der Waals surface area contributed by atoms with Crippen molar-refractivity contribution in [3.8, 4) is 0 Å². The molecule has 0 bridgehead atoms. The van der Waals surface area contributed by atoms with Gasteiger partial charge in [0.25, 0.3) is 0 Å². The van der Waals surface area contributed by atoms with Gasteiger partial charge in [0.15, 0.2) is 0 Å². The number of nitrogens with one attached hydrogen (secondary N) is 1. The van der Waals surface area contributed by atoms with Crippen molar-refractivity contribution in [1.29, 1.82) is 0 Å². The third-order valence-electron chi connectivity index (χ3n) is 2.70. The van der Waals surface area contributed by atoms with Gasteiger partial charge < -0.3 is 11.1 Å². The summed E-state index contributed by atoms with van der Waals surface area (Å²) >= 11 is 16.8. The molecule has 0 aliphatic heterocycles. The van der Waals surface area contributed by atoms with E-state index in [0.29, 0.717) is 15.0 Å². The molecule has 0 aromatic heterocycles. The molecule has 0 unspecified atom stereocenters. The first-order valence-electron chi connectivity index (χ1n) is 5.60. The molecular formula is C14H12Cl2N2S. The van der Waals surface area contributed by atoms with Gasteiger partial charge in [-0.25, -0.2) is 0 Å². The molecule has 0 aliphatic rings. The first kappa shape index (κ1) is 14.1. The minimum absolute atomic E-state index is 0.401. The third-order valence-corrected chi connectivity index (χ3v) is 3.66. The molecule has 0 spiro atoms. The van der Waals surface area contributed by atoms with Gasteiger partial charge >= 0.3 is 0 Å². The molecule has 3 N–H and O–H groups in total. The Labute approximate surface area is 127 Å². The number of benzene rings is 2. The summed E-state index contributed by atoms with van der Waals surface area (Å²) in [6, 6.07) is 11.2. The van der Waals surface area contributed by atoms with E-state index in [1.165, 1.54) is 0 Å². The fourth-order valence-corrected chi connectivity index (χ4v) is 2.29. The van der Waals surface area contributed by atoms with E-state index in [0.717, 1.165) is 22.5 Å². The summed E-state index contributed by atoms with van der Waals surface area (Å²) in [6.07, 6.45) is 0. The van der Waals surface area contributed by atoms with Crippen LogP contribution in [0.5, 0.6) is 0 Å². The van der Waals surface area contributed by atoms with E-state index >= 15 is 0 Å².